The molecule has 1 rings (SSSR count). The molecular weight excluding hydrogens is 212 g/mol. The zero-order chi connectivity index (χ0) is 10.9. The van der Waals surface area contributed by atoms with Gasteiger partial charge in [-0.1, -0.05) is 12.8 Å². The van der Waals surface area contributed by atoms with Crippen LogP contribution in [0.1, 0.15) is 32.1 Å². The fourth-order valence-electron chi connectivity index (χ4n) is 1.26. The molecule has 1 heterocycles. The van der Waals surface area contributed by atoms with Crippen LogP contribution >= 0.6 is 11.3 Å². The molecule has 0 radical (unpaired) electrons. The van der Waals surface area contributed by atoms with Crippen LogP contribution in [0.2, 0.25) is 0 Å². The Bertz CT molecular complexity index is 275. The Morgan fingerprint density at radius 3 is 2.87 bits per heavy atom. The van der Waals surface area contributed by atoms with Gasteiger partial charge in [0.15, 0.2) is 5.13 Å². The van der Waals surface area contributed by atoms with Crippen molar-refractivity contribution in [2.75, 3.05) is 11.9 Å². The number of anilines is 1. The minimum absolute atomic E-state index is 0.292. The molecule has 0 aliphatic rings. The molecule has 0 saturated heterocycles. The van der Waals surface area contributed by atoms with Gasteiger partial charge in [0, 0.05) is 24.5 Å². The fraction of sp³-hybridized carbons (Fsp3) is 0.600. The minimum Gasteiger partial charge on any atom is -0.481 e. The minimum atomic E-state index is -0.698. The van der Waals surface area contributed by atoms with E-state index in [9.17, 15) is 4.79 Å². The average Bonchev–Trinajstić information content (AvgIpc) is 2.68. The normalized spacial score (nSPS) is 10.1. The van der Waals surface area contributed by atoms with E-state index in [1.165, 1.54) is 0 Å². The van der Waals surface area contributed by atoms with Gasteiger partial charge in [-0.3, -0.25) is 4.79 Å². The molecule has 0 saturated carbocycles. The number of thiazole rings is 1. The first kappa shape index (κ1) is 12.0. The Labute approximate surface area is 93.4 Å². The number of hydrogen-bond acceptors (Lipinski definition) is 4. The topological polar surface area (TPSA) is 62.2 Å². The zero-order valence-corrected chi connectivity index (χ0v) is 9.42. The molecule has 2 N–H and O–H groups in total. The molecule has 4 nitrogen and oxygen atoms in total. The van der Waals surface area contributed by atoms with E-state index in [0.29, 0.717) is 6.42 Å². The van der Waals surface area contributed by atoms with Crippen LogP contribution in [0.5, 0.6) is 0 Å². The van der Waals surface area contributed by atoms with Crippen LogP contribution < -0.4 is 5.32 Å². The Hall–Kier alpha value is -1.10. The van der Waals surface area contributed by atoms with E-state index in [4.69, 9.17) is 5.11 Å². The molecule has 0 aromatic carbocycles. The molecular formula is C10H16N2O2S. The quantitative estimate of drug-likeness (QED) is 0.671. The highest BCUT2D eigenvalue weighted by Crippen LogP contribution is 2.10. The molecule has 1 aromatic rings. The number of nitrogens with zero attached hydrogens (tertiary/aromatic N) is 1. The molecule has 0 bridgehead atoms. The zero-order valence-electron chi connectivity index (χ0n) is 8.61. The molecule has 84 valence electrons. The first-order valence-electron chi connectivity index (χ1n) is 5.14. The third kappa shape index (κ3) is 6.06. The van der Waals surface area contributed by atoms with Crippen molar-refractivity contribution in [2.24, 2.45) is 0 Å². The summed E-state index contributed by atoms with van der Waals surface area (Å²) in [5.74, 6) is -0.698. The van der Waals surface area contributed by atoms with Crippen molar-refractivity contribution in [1.82, 2.24) is 4.98 Å². The molecule has 5 heteroatoms. The second-order valence-electron chi connectivity index (χ2n) is 3.32. The van der Waals surface area contributed by atoms with Crippen molar-refractivity contribution in [3.63, 3.8) is 0 Å². The fourth-order valence-corrected chi connectivity index (χ4v) is 1.82. The lowest BCUT2D eigenvalue weighted by Crippen LogP contribution is -2.01. The van der Waals surface area contributed by atoms with E-state index in [0.717, 1.165) is 37.4 Å². The van der Waals surface area contributed by atoms with Gasteiger partial charge >= 0.3 is 5.97 Å². The summed E-state index contributed by atoms with van der Waals surface area (Å²) in [5, 5.41) is 14.5. The van der Waals surface area contributed by atoms with Crippen molar-refractivity contribution < 1.29 is 9.90 Å². The lowest BCUT2D eigenvalue weighted by atomic mass is 10.1. The number of carboxylic acids is 1. The van der Waals surface area contributed by atoms with E-state index in [1.54, 1.807) is 17.5 Å². The van der Waals surface area contributed by atoms with Gasteiger partial charge in [-0.2, -0.15) is 0 Å². The number of rotatable bonds is 8. The second kappa shape index (κ2) is 7.23. The summed E-state index contributed by atoms with van der Waals surface area (Å²) in [6.45, 7) is 0.917. The molecule has 15 heavy (non-hydrogen) atoms. The third-order valence-electron chi connectivity index (χ3n) is 2.03. The summed E-state index contributed by atoms with van der Waals surface area (Å²) in [5.41, 5.74) is 0. The predicted octanol–water partition coefficient (Wildman–Crippen LogP) is 2.59. The maximum absolute atomic E-state index is 10.2. The van der Waals surface area contributed by atoms with Gasteiger partial charge in [0.25, 0.3) is 0 Å². The summed E-state index contributed by atoms with van der Waals surface area (Å²) in [4.78, 5) is 14.3. The van der Waals surface area contributed by atoms with E-state index in [1.807, 2.05) is 5.38 Å². The molecule has 0 unspecified atom stereocenters. The summed E-state index contributed by atoms with van der Waals surface area (Å²) in [7, 11) is 0. The van der Waals surface area contributed by atoms with Crippen molar-refractivity contribution in [1.29, 1.82) is 0 Å². The monoisotopic (exact) mass is 228 g/mol. The Morgan fingerprint density at radius 2 is 2.20 bits per heavy atom. The van der Waals surface area contributed by atoms with Gasteiger partial charge in [0.2, 0.25) is 0 Å². The van der Waals surface area contributed by atoms with E-state index in [-0.39, 0.29) is 0 Å². The molecule has 0 fully saturated rings. The largest absolute Gasteiger partial charge is 0.481 e. The van der Waals surface area contributed by atoms with Gasteiger partial charge in [-0.25, -0.2) is 4.98 Å². The van der Waals surface area contributed by atoms with Crippen molar-refractivity contribution in [2.45, 2.75) is 32.1 Å². The van der Waals surface area contributed by atoms with Crippen LogP contribution in [0.15, 0.2) is 11.6 Å². The van der Waals surface area contributed by atoms with Crippen LogP contribution in [0, 0.1) is 0 Å². The first-order chi connectivity index (χ1) is 7.29. The van der Waals surface area contributed by atoms with Gasteiger partial charge in [-0.15, -0.1) is 11.3 Å². The molecule has 0 atom stereocenters. The Balaban J connectivity index is 1.87. The average molecular weight is 228 g/mol. The van der Waals surface area contributed by atoms with Crippen molar-refractivity contribution >= 4 is 22.4 Å². The van der Waals surface area contributed by atoms with Crippen molar-refractivity contribution in [3.8, 4) is 0 Å². The maximum Gasteiger partial charge on any atom is 0.303 e. The first-order valence-corrected chi connectivity index (χ1v) is 6.02. The van der Waals surface area contributed by atoms with Gasteiger partial charge in [0.05, 0.1) is 0 Å². The van der Waals surface area contributed by atoms with E-state index < -0.39 is 5.97 Å². The number of carboxylic acid groups (broad SMARTS) is 1. The smallest absolute Gasteiger partial charge is 0.303 e. The standard InChI is InChI=1S/C10H16N2O2S/c13-9(14)5-3-1-2-4-6-11-10-12-7-8-15-10/h7-8H,1-6H2,(H,11,12)(H,13,14). The molecule has 0 aliphatic heterocycles. The van der Waals surface area contributed by atoms with Crippen LogP contribution in [-0.4, -0.2) is 22.6 Å². The highest BCUT2D eigenvalue weighted by atomic mass is 32.1. The highest BCUT2D eigenvalue weighted by molar-refractivity contribution is 7.13. The number of unbranched alkanes of at least 4 members (excludes halogenated alkanes) is 3. The summed E-state index contributed by atoms with van der Waals surface area (Å²) >= 11 is 1.60. The van der Waals surface area contributed by atoms with Crippen LogP contribution in [0.4, 0.5) is 5.13 Å². The van der Waals surface area contributed by atoms with E-state index in [2.05, 4.69) is 10.3 Å². The maximum atomic E-state index is 10.2. The number of nitrogens with one attached hydrogen (secondary N) is 1. The van der Waals surface area contributed by atoms with E-state index >= 15 is 0 Å². The molecule has 0 spiro atoms. The number of hydrogen-bond donors (Lipinski definition) is 2. The summed E-state index contributed by atoms with van der Waals surface area (Å²) in [6, 6.07) is 0. The van der Waals surface area contributed by atoms with Gasteiger partial charge in [0.1, 0.15) is 0 Å². The lowest BCUT2D eigenvalue weighted by molar-refractivity contribution is -0.137. The second-order valence-corrected chi connectivity index (χ2v) is 4.22. The molecule has 1 aromatic heterocycles. The van der Waals surface area contributed by atoms with Crippen LogP contribution in [0.25, 0.3) is 0 Å². The van der Waals surface area contributed by atoms with Gasteiger partial charge < -0.3 is 10.4 Å². The van der Waals surface area contributed by atoms with Gasteiger partial charge in [-0.05, 0) is 12.8 Å². The van der Waals surface area contributed by atoms with Crippen molar-refractivity contribution in [3.05, 3.63) is 11.6 Å². The Morgan fingerprint density at radius 1 is 1.40 bits per heavy atom. The number of aromatic nitrogens is 1. The Kier molecular flexibility index (Phi) is 5.77. The lowest BCUT2D eigenvalue weighted by Gasteiger charge is -2.01. The SMILES string of the molecule is O=C(O)CCCCCCNc1nccs1. The summed E-state index contributed by atoms with van der Waals surface area (Å²) < 4.78 is 0. The summed E-state index contributed by atoms with van der Waals surface area (Å²) in [6.07, 6.45) is 5.99. The predicted molar refractivity (Wildman–Crippen MR) is 61.3 cm³/mol. The van der Waals surface area contributed by atoms with Crippen LogP contribution in [-0.2, 0) is 4.79 Å². The number of carbonyl (C=O) groups is 1. The highest BCUT2D eigenvalue weighted by Gasteiger charge is 1.97. The van der Waals surface area contributed by atoms with Crippen LogP contribution in [0.3, 0.4) is 0 Å². The number of aliphatic carboxylic acids is 1. The molecule has 0 aliphatic carbocycles. The third-order valence-corrected chi connectivity index (χ3v) is 2.76. The molecule has 0 amide bonds.